The van der Waals surface area contributed by atoms with Crippen LogP contribution >= 0.6 is 11.6 Å². The molecule has 0 radical (unpaired) electrons. The molecule has 0 bridgehead atoms. The third-order valence-corrected chi connectivity index (χ3v) is 3.78. The van der Waals surface area contributed by atoms with E-state index in [9.17, 15) is 4.79 Å². The summed E-state index contributed by atoms with van der Waals surface area (Å²) in [6.07, 6.45) is 0.289. The van der Waals surface area contributed by atoms with Gasteiger partial charge in [-0.25, -0.2) is 0 Å². The average Bonchev–Trinajstić information content (AvgIpc) is 2.53. The highest BCUT2D eigenvalue weighted by atomic mass is 35.5. The maximum absolute atomic E-state index is 12.1. The van der Waals surface area contributed by atoms with Crippen molar-refractivity contribution in [1.82, 2.24) is 5.32 Å². The number of nitrogens with one attached hydrogen (secondary N) is 1. The van der Waals surface area contributed by atoms with Crippen LogP contribution in [-0.4, -0.2) is 18.0 Å². The first kappa shape index (κ1) is 18.3. The van der Waals surface area contributed by atoms with Gasteiger partial charge in [0.1, 0.15) is 12.4 Å². The molecule has 0 aliphatic heterocycles. The Morgan fingerprint density at radius 1 is 1.17 bits per heavy atom. The lowest BCUT2D eigenvalue weighted by Gasteiger charge is -2.24. The molecule has 128 valence electrons. The maximum atomic E-state index is 12.1. The second-order valence-corrected chi connectivity index (χ2v) is 6.82. The summed E-state index contributed by atoms with van der Waals surface area (Å²) in [6.45, 7) is 4.61. The van der Waals surface area contributed by atoms with Crippen LogP contribution in [0.15, 0.2) is 48.5 Å². The zero-order chi connectivity index (χ0) is 17.6. The van der Waals surface area contributed by atoms with Crippen LogP contribution < -0.4 is 15.8 Å². The largest absolute Gasteiger partial charge is 0.489 e. The summed E-state index contributed by atoms with van der Waals surface area (Å²) in [4.78, 5) is 12.1. The molecule has 2 aromatic carbocycles. The fourth-order valence-electron chi connectivity index (χ4n) is 2.20. The van der Waals surface area contributed by atoms with Crippen LogP contribution in [0.1, 0.15) is 25.0 Å². The van der Waals surface area contributed by atoms with Crippen molar-refractivity contribution in [2.45, 2.75) is 32.4 Å². The van der Waals surface area contributed by atoms with Crippen LogP contribution in [0.3, 0.4) is 0 Å². The molecule has 0 unspecified atom stereocenters. The fraction of sp³-hybridized carbons (Fsp3) is 0.316. The minimum Gasteiger partial charge on any atom is -0.489 e. The molecule has 4 nitrogen and oxygen atoms in total. The van der Waals surface area contributed by atoms with E-state index in [1.807, 2.05) is 62.4 Å². The number of rotatable bonds is 7. The van der Waals surface area contributed by atoms with Gasteiger partial charge < -0.3 is 15.8 Å². The zero-order valence-corrected chi connectivity index (χ0v) is 14.8. The molecular formula is C19H23ClN2O2. The first-order valence-corrected chi connectivity index (χ1v) is 8.23. The van der Waals surface area contributed by atoms with Crippen LogP contribution in [0.5, 0.6) is 5.75 Å². The minimum atomic E-state index is -0.405. The van der Waals surface area contributed by atoms with Gasteiger partial charge in [0.05, 0.1) is 6.42 Å². The summed E-state index contributed by atoms with van der Waals surface area (Å²) in [5.74, 6) is 0.663. The Labute approximate surface area is 148 Å². The quantitative estimate of drug-likeness (QED) is 0.808. The molecule has 24 heavy (non-hydrogen) atoms. The van der Waals surface area contributed by atoms with Gasteiger partial charge in [-0.3, -0.25) is 4.79 Å². The van der Waals surface area contributed by atoms with E-state index in [1.54, 1.807) is 0 Å². The Morgan fingerprint density at radius 2 is 1.88 bits per heavy atom. The van der Waals surface area contributed by atoms with Crippen molar-refractivity contribution < 1.29 is 9.53 Å². The van der Waals surface area contributed by atoms with Crippen molar-refractivity contribution in [1.29, 1.82) is 0 Å². The summed E-state index contributed by atoms with van der Waals surface area (Å²) in [5.41, 5.74) is 7.12. The lowest BCUT2D eigenvalue weighted by molar-refractivity contribution is -0.121. The maximum Gasteiger partial charge on any atom is 0.224 e. The van der Waals surface area contributed by atoms with E-state index < -0.39 is 5.54 Å². The van der Waals surface area contributed by atoms with E-state index in [-0.39, 0.29) is 12.3 Å². The van der Waals surface area contributed by atoms with Crippen LogP contribution in [0.4, 0.5) is 0 Å². The molecule has 0 aliphatic rings. The molecule has 1 amide bonds. The lowest BCUT2D eigenvalue weighted by atomic mass is 10.0. The first-order chi connectivity index (χ1) is 11.4. The van der Waals surface area contributed by atoms with Crippen molar-refractivity contribution in [3.8, 4) is 5.75 Å². The summed E-state index contributed by atoms with van der Waals surface area (Å²) >= 11 is 5.96. The SMILES string of the molecule is CC(C)(CN)NC(=O)Cc1cccc(OCc2cccc(Cl)c2)c1. The molecule has 0 heterocycles. The van der Waals surface area contributed by atoms with Crippen LogP contribution in [0.25, 0.3) is 0 Å². The van der Waals surface area contributed by atoms with Crippen LogP contribution in [-0.2, 0) is 17.8 Å². The van der Waals surface area contributed by atoms with E-state index in [0.29, 0.717) is 18.2 Å². The Bertz CT molecular complexity index is 701. The third-order valence-electron chi connectivity index (χ3n) is 3.55. The van der Waals surface area contributed by atoms with Gasteiger partial charge in [0, 0.05) is 17.1 Å². The predicted octanol–water partition coefficient (Wildman–Crippen LogP) is 3.32. The van der Waals surface area contributed by atoms with E-state index >= 15 is 0 Å². The molecule has 3 N–H and O–H groups in total. The van der Waals surface area contributed by atoms with Crippen molar-refractivity contribution in [2.24, 2.45) is 5.73 Å². The second-order valence-electron chi connectivity index (χ2n) is 6.38. The molecule has 0 spiro atoms. The van der Waals surface area contributed by atoms with Crippen molar-refractivity contribution in [3.05, 3.63) is 64.7 Å². The van der Waals surface area contributed by atoms with Gasteiger partial charge in [0.25, 0.3) is 0 Å². The van der Waals surface area contributed by atoms with Crippen molar-refractivity contribution >= 4 is 17.5 Å². The van der Waals surface area contributed by atoms with Crippen molar-refractivity contribution in [2.75, 3.05) is 6.54 Å². The highest BCUT2D eigenvalue weighted by Crippen LogP contribution is 2.17. The van der Waals surface area contributed by atoms with Gasteiger partial charge >= 0.3 is 0 Å². The molecule has 0 aliphatic carbocycles. The molecule has 2 aromatic rings. The molecule has 5 heteroatoms. The molecule has 0 atom stereocenters. The van der Waals surface area contributed by atoms with Crippen LogP contribution in [0.2, 0.25) is 5.02 Å². The Morgan fingerprint density at radius 3 is 2.58 bits per heavy atom. The normalized spacial score (nSPS) is 11.2. The number of benzene rings is 2. The monoisotopic (exact) mass is 346 g/mol. The number of nitrogens with two attached hydrogens (primary N) is 1. The molecule has 0 saturated heterocycles. The summed E-state index contributed by atoms with van der Waals surface area (Å²) < 4.78 is 5.78. The van der Waals surface area contributed by atoms with E-state index in [0.717, 1.165) is 16.9 Å². The zero-order valence-electron chi connectivity index (χ0n) is 14.0. The van der Waals surface area contributed by atoms with E-state index in [4.69, 9.17) is 22.1 Å². The van der Waals surface area contributed by atoms with Gasteiger partial charge in [-0.1, -0.05) is 35.9 Å². The number of ether oxygens (including phenoxy) is 1. The smallest absolute Gasteiger partial charge is 0.224 e. The molecular weight excluding hydrogens is 324 g/mol. The lowest BCUT2D eigenvalue weighted by Crippen LogP contribution is -2.49. The summed E-state index contributed by atoms with van der Waals surface area (Å²) in [5, 5.41) is 3.60. The Balaban J connectivity index is 1.95. The van der Waals surface area contributed by atoms with Gasteiger partial charge in [-0.05, 0) is 49.2 Å². The number of halogens is 1. The molecule has 2 rings (SSSR count). The Kier molecular flexibility index (Phi) is 6.23. The van der Waals surface area contributed by atoms with Gasteiger partial charge in [-0.15, -0.1) is 0 Å². The van der Waals surface area contributed by atoms with E-state index in [1.165, 1.54) is 0 Å². The number of hydrogen-bond donors (Lipinski definition) is 2. The molecule has 0 aromatic heterocycles. The van der Waals surface area contributed by atoms with E-state index in [2.05, 4.69) is 5.32 Å². The topological polar surface area (TPSA) is 64.3 Å². The van der Waals surface area contributed by atoms with Crippen LogP contribution in [0, 0.1) is 0 Å². The average molecular weight is 347 g/mol. The first-order valence-electron chi connectivity index (χ1n) is 7.85. The number of carbonyl (C=O) groups is 1. The highest BCUT2D eigenvalue weighted by molar-refractivity contribution is 6.30. The van der Waals surface area contributed by atoms with Gasteiger partial charge in [0.15, 0.2) is 0 Å². The predicted molar refractivity (Wildman–Crippen MR) is 97.2 cm³/mol. The highest BCUT2D eigenvalue weighted by Gasteiger charge is 2.18. The van der Waals surface area contributed by atoms with Gasteiger partial charge in [0.2, 0.25) is 5.91 Å². The summed E-state index contributed by atoms with van der Waals surface area (Å²) in [6, 6.07) is 15.1. The van der Waals surface area contributed by atoms with Gasteiger partial charge in [-0.2, -0.15) is 0 Å². The number of hydrogen-bond acceptors (Lipinski definition) is 3. The number of carbonyl (C=O) groups excluding carboxylic acids is 1. The third kappa shape index (κ3) is 5.87. The molecule has 0 saturated carbocycles. The Hall–Kier alpha value is -2.04. The standard InChI is InChI=1S/C19H23ClN2O2/c1-19(2,13-21)22-18(23)11-14-5-4-8-17(10-14)24-12-15-6-3-7-16(20)9-15/h3-10H,11-13,21H2,1-2H3,(H,22,23). The second kappa shape index (κ2) is 8.18. The van der Waals surface area contributed by atoms with Crippen molar-refractivity contribution in [3.63, 3.8) is 0 Å². The minimum absolute atomic E-state index is 0.0579. The summed E-state index contributed by atoms with van der Waals surface area (Å²) in [7, 11) is 0. The fourth-order valence-corrected chi connectivity index (χ4v) is 2.41. The molecule has 0 fully saturated rings. The number of amides is 1.